The van der Waals surface area contributed by atoms with Crippen molar-refractivity contribution in [1.29, 1.82) is 0 Å². The van der Waals surface area contributed by atoms with E-state index in [4.69, 9.17) is 20.2 Å². The number of anilines is 1. The average Bonchev–Trinajstić information content (AvgIpc) is 3.21. The second-order valence-electron chi connectivity index (χ2n) is 7.82. The molecule has 0 radical (unpaired) electrons. The molecule has 164 valence electrons. The smallest absolute Gasteiger partial charge is 0.150 e. The molecule has 0 bridgehead atoms. The lowest BCUT2D eigenvalue weighted by Crippen LogP contribution is -2.28. The highest BCUT2D eigenvalue weighted by molar-refractivity contribution is 5.85. The Kier molecular flexibility index (Phi) is 5.46. The van der Waals surface area contributed by atoms with Crippen molar-refractivity contribution in [3.05, 3.63) is 72.6 Å². The van der Waals surface area contributed by atoms with Gasteiger partial charge in [-0.2, -0.15) is 0 Å². The molecule has 2 atom stereocenters. The summed E-state index contributed by atoms with van der Waals surface area (Å²) in [7, 11) is 0. The standard InChI is InChI=1S/C24H23FN4O3/c25-20-12-17(32-16-4-2-1-3-5-16)8-9-19(20)21-22-23(26)27-10-11-29(22)24(28-21)15-6-7-18(13-30)31-14-15/h1-5,8-12,15,18,30H,6-7,13-14H2,(H2,26,27)/t15-,18+/m1/s1. The quantitative estimate of drug-likeness (QED) is 0.490. The van der Waals surface area contributed by atoms with Crippen molar-refractivity contribution in [2.45, 2.75) is 24.9 Å². The molecule has 2 aromatic carbocycles. The monoisotopic (exact) mass is 434 g/mol. The van der Waals surface area contributed by atoms with E-state index in [1.807, 2.05) is 22.6 Å². The summed E-state index contributed by atoms with van der Waals surface area (Å²) >= 11 is 0. The molecule has 0 saturated carbocycles. The first-order chi connectivity index (χ1) is 15.6. The predicted octanol–water partition coefficient (Wildman–Crippen LogP) is 4.16. The summed E-state index contributed by atoms with van der Waals surface area (Å²) in [5.74, 6) is 1.57. The van der Waals surface area contributed by atoms with E-state index in [2.05, 4.69) is 4.98 Å². The molecule has 2 aromatic heterocycles. The Labute approximate surface area is 184 Å². The molecule has 4 aromatic rings. The maximum absolute atomic E-state index is 15.2. The number of aromatic nitrogens is 3. The first-order valence-corrected chi connectivity index (χ1v) is 10.5. The number of para-hydroxylation sites is 1. The Morgan fingerprint density at radius 3 is 2.72 bits per heavy atom. The maximum Gasteiger partial charge on any atom is 0.150 e. The molecule has 8 heteroatoms. The zero-order valence-corrected chi connectivity index (χ0v) is 17.3. The Hall–Kier alpha value is -3.49. The van der Waals surface area contributed by atoms with Crippen LogP contribution in [0, 0.1) is 5.82 Å². The molecule has 1 aliphatic rings. The van der Waals surface area contributed by atoms with Crippen LogP contribution in [0.1, 0.15) is 24.6 Å². The van der Waals surface area contributed by atoms with Crippen molar-refractivity contribution in [3.8, 4) is 22.8 Å². The van der Waals surface area contributed by atoms with Gasteiger partial charge in [0.2, 0.25) is 0 Å². The highest BCUT2D eigenvalue weighted by Crippen LogP contribution is 2.36. The van der Waals surface area contributed by atoms with Gasteiger partial charge in [0.25, 0.3) is 0 Å². The Balaban J connectivity index is 1.53. The molecule has 0 amide bonds. The molecular weight excluding hydrogens is 411 g/mol. The van der Waals surface area contributed by atoms with Crippen molar-refractivity contribution >= 4 is 11.3 Å². The summed E-state index contributed by atoms with van der Waals surface area (Å²) in [6.07, 6.45) is 4.76. The number of rotatable bonds is 5. The fraction of sp³-hybridized carbons (Fsp3) is 0.250. The minimum absolute atomic E-state index is 0.000217. The number of hydrogen-bond donors (Lipinski definition) is 2. The van der Waals surface area contributed by atoms with Crippen LogP contribution in [0.4, 0.5) is 10.2 Å². The van der Waals surface area contributed by atoms with Crippen LogP contribution in [0.15, 0.2) is 60.9 Å². The van der Waals surface area contributed by atoms with Gasteiger partial charge in [0.05, 0.1) is 19.3 Å². The van der Waals surface area contributed by atoms with Gasteiger partial charge in [0.15, 0.2) is 0 Å². The largest absolute Gasteiger partial charge is 0.457 e. The fourth-order valence-electron chi connectivity index (χ4n) is 4.09. The van der Waals surface area contributed by atoms with E-state index in [0.717, 1.165) is 18.7 Å². The third-order valence-electron chi connectivity index (χ3n) is 5.72. The number of halogens is 1. The molecular formula is C24H23FN4O3. The van der Waals surface area contributed by atoms with E-state index >= 15 is 4.39 Å². The van der Waals surface area contributed by atoms with Crippen molar-refractivity contribution in [2.75, 3.05) is 18.9 Å². The van der Waals surface area contributed by atoms with E-state index < -0.39 is 5.82 Å². The van der Waals surface area contributed by atoms with Crippen molar-refractivity contribution in [1.82, 2.24) is 14.4 Å². The minimum Gasteiger partial charge on any atom is -0.457 e. The lowest BCUT2D eigenvalue weighted by atomic mass is 9.98. The van der Waals surface area contributed by atoms with Crippen LogP contribution < -0.4 is 10.5 Å². The van der Waals surface area contributed by atoms with Gasteiger partial charge in [-0.3, -0.25) is 4.40 Å². The zero-order valence-electron chi connectivity index (χ0n) is 17.3. The van der Waals surface area contributed by atoms with Gasteiger partial charge in [0, 0.05) is 29.9 Å². The second kappa shape index (κ2) is 8.57. The number of nitrogens with two attached hydrogens (primary N) is 1. The lowest BCUT2D eigenvalue weighted by Gasteiger charge is -2.27. The summed E-state index contributed by atoms with van der Waals surface area (Å²) in [5, 5.41) is 9.33. The Morgan fingerprint density at radius 1 is 1.16 bits per heavy atom. The van der Waals surface area contributed by atoms with Gasteiger partial charge in [-0.1, -0.05) is 18.2 Å². The number of nitrogen functional groups attached to an aromatic ring is 1. The zero-order chi connectivity index (χ0) is 22.1. The Morgan fingerprint density at radius 2 is 2.00 bits per heavy atom. The molecule has 1 aliphatic heterocycles. The Bertz CT molecular complexity index is 1240. The van der Waals surface area contributed by atoms with Crippen LogP contribution >= 0.6 is 0 Å². The number of ether oxygens (including phenoxy) is 2. The molecule has 3 N–H and O–H groups in total. The minimum atomic E-state index is -0.464. The summed E-state index contributed by atoms with van der Waals surface area (Å²) in [6, 6.07) is 13.9. The number of aliphatic hydroxyl groups is 1. The summed E-state index contributed by atoms with van der Waals surface area (Å²) < 4.78 is 28.5. The summed E-state index contributed by atoms with van der Waals surface area (Å²) in [4.78, 5) is 8.97. The number of fused-ring (bicyclic) bond motifs is 1. The molecule has 3 heterocycles. The van der Waals surface area contributed by atoms with Crippen LogP contribution in [-0.4, -0.2) is 38.8 Å². The average molecular weight is 434 g/mol. The van der Waals surface area contributed by atoms with E-state index in [0.29, 0.717) is 34.9 Å². The van der Waals surface area contributed by atoms with Gasteiger partial charge in [-0.15, -0.1) is 0 Å². The summed E-state index contributed by atoms with van der Waals surface area (Å²) in [6.45, 7) is 0.429. The third-order valence-corrected chi connectivity index (χ3v) is 5.72. The topological polar surface area (TPSA) is 94.9 Å². The highest BCUT2D eigenvalue weighted by Gasteiger charge is 2.28. The van der Waals surface area contributed by atoms with E-state index in [9.17, 15) is 5.11 Å². The van der Waals surface area contributed by atoms with E-state index in [1.165, 1.54) is 6.07 Å². The molecule has 32 heavy (non-hydrogen) atoms. The first-order valence-electron chi connectivity index (χ1n) is 10.5. The van der Waals surface area contributed by atoms with Crippen molar-refractivity contribution in [2.24, 2.45) is 0 Å². The number of imidazole rings is 1. The molecule has 1 fully saturated rings. The molecule has 1 saturated heterocycles. The normalized spacial score (nSPS) is 18.7. The predicted molar refractivity (Wildman–Crippen MR) is 118 cm³/mol. The number of hydrogen-bond acceptors (Lipinski definition) is 6. The van der Waals surface area contributed by atoms with Crippen molar-refractivity contribution in [3.63, 3.8) is 0 Å². The molecule has 0 unspecified atom stereocenters. The number of benzene rings is 2. The highest BCUT2D eigenvalue weighted by atomic mass is 19.1. The third kappa shape index (κ3) is 3.79. The number of aliphatic hydroxyl groups excluding tert-OH is 1. The fourth-order valence-corrected chi connectivity index (χ4v) is 4.09. The van der Waals surface area contributed by atoms with Gasteiger partial charge in [0.1, 0.15) is 40.2 Å². The molecule has 7 nitrogen and oxygen atoms in total. The molecule has 5 rings (SSSR count). The van der Waals surface area contributed by atoms with Crippen LogP contribution in [0.5, 0.6) is 11.5 Å². The maximum atomic E-state index is 15.2. The van der Waals surface area contributed by atoms with Crippen LogP contribution in [0.2, 0.25) is 0 Å². The second-order valence-corrected chi connectivity index (χ2v) is 7.82. The van der Waals surface area contributed by atoms with Gasteiger partial charge in [-0.25, -0.2) is 14.4 Å². The lowest BCUT2D eigenvalue weighted by molar-refractivity contribution is -0.0282. The van der Waals surface area contributed by atoms with Crippen LogP contribution in [0.25, 0.3) is 16.8 Å². The van der Waals surface area contributed by atoms with Gasteiger partial charge < -0.3 is 20.3 Å². The van der Waals surface area contributed by atoms with Crippen LogP contribution in [-0.2, 0) is 4.74 Å². The van der Waals surface area contributed by atoms with Gasteiger partial charge in [-0.05, 0) is 37.1 Å². The van der Waals surface area contributed by atoms with Crippen LogP contribution in [0.3, 0.4) is 0 Å². The van der Waals surface area contributed by atoms with E-state index in [-0.39, 0.29) is 24.4 Å². The van der Waals surface area contributed by atoms with E-state index in [1.54, 1.807) is 36.7 Å². The molecule has 0 aliphatic carbocycles. The number of nitrogens with zero attached hydrogens (tertiary/aromatic N) is 3. The molecule has 0 spiro atoms. The summed E-state index contributed by atoms with van der Waals surface area (Å²) in [5.41, 5.74) is 7.49. The van der Waals surface area contributed by atoms with Gasteiger partial charge >= 0.3 is 0 Å². The SMILES string of the molecule is Nc1nccn2c([C@@H]3CC[C@@H](CO)OC3)nc(-c3ccc(Oc4ccccc4)cc3F)c12. The van der Waals surface area contributed by atoms with Crippen molar-refractivity contribution < 1.29 is 19.0 Å². The first kappa shape index (κ1) is 20.4.